The maximum absolute atomic E-state index is 6.26. The zero-order valence-corrected chi connectivity index (χ0v) is 24.1. The van der Waals surface area contributed by atoms with Crippen molar-refractivity contribution >= 4 is 33.3 Å². The summed E-state index contributed by atoms with van der Waals surface area (Å²) in [5, 5.41) is 5.85. The fourth-order valence-corrected chi connectivity index (χ4v) is 5.98. The molecule has 0 radical (unpaired) electrons. The van der Waals surface area contributed by atoms with E-state index in [0.29, 0.717) is 0 Å². The first-order valence-electron chi connectivity index (χ1n) is 14.9. The maximum Gasteiger partial charge on any atom is 0.143 e. The summed E-state index contributed by atoms with van der Waals surface area (Å²) in [5.74, 6) is 0. The highest BCUT2D eigenvalue weighted by molar-refractivity contribution is 6.09. The van der Waals surface area contributed by atoms with Crippen LogP contribution in [-0.4, -0.2) is 0 Å². The molecule has 0 bridgehead atoms. The lowest BCUT2D eigenvalue weighted by Gasteiger charge is -2.10. The number of anilines is 2. The summed E-state index contributed by atoms with van der Waals surface area (Å²) in [7, 11) is 0. The minimum Gasteiger partial charge on any atom is -0.455 e. The molecule has 0 atom stereocenters. The molecule has 2 nitrogen and oxygen atoms in total. The summed E-state index contributed by atoms with van der Waals surface area (Å²) < 4.78 is 6.26. The molecule has 208 valence electrons. The van der Waals surface area contributed by atoms with Crippen molar-refractivity contribution in [3.05, 3.63) is 170 Å². The second kappa shape index (κ2) is 11.1. The van der Waals surface area contributed by atoms with Gasteiger partial charge in [0.25, 0.3) is 0 Å². The van der Waals surface area contributed by atoms with Crippen LogP contribution in [0.25, 0.3) is 66.4 Å². The lowest BCUT2D eigenvalue weighted by Crippen LogP contribution is -1.90. The number of benzene rings is 7. The van der Waals surface area contributed by atoms with Crippen LogP contribution in [0.5, 0.6) is 0 Å². The van der Waals surface area contributed by atoms with E-state index in [0.717, 1.165) is 44.4 Å². The molecule has 8 rings (SSSR count). The molecule has 0 aliphatic rings. The number of nitrogens with one attached hydrogen (secondary N) is 1. The zero-order valence-electron chi connectivity index (χ0n) is 24.1. The van der Waals surface area contributed by atoms with Crippen LogP contribution in [0.2, 0.25) is 0 Å². The topological polar surface area (TPSA) is 25.2 Å². The Morgan fingerprint density at radius 3 is 1.50 bits per heavy atom. The molecule has 1 aromatic heterocycles. The number of para-hydroxylation sites is 2. The highest BCUT2D eigenvalue weighted by Crippen LogP contribution is 2.36. The quantitative estimate of drug-likeness (QED) is 0.218. The van der Waals surface area contributed by atoms with Gasteiger partial charge in [0.2, 0.25) is 0 Å². The minimum atomic E-state index is 0.921. The third-order valence-electron chi connectivity index (χ3n) is 8.30. The predicted octanol–water partition coefficient (Wildman–Crippen LogP) is 12.0. The molecular formula is C42H29NO. The van der Waals surface area contributed by atoms with E-state index in [1.807, 2.05) is 12.1 Å². The van der Waals surface area contributed by atoms with Crippen molar-refractivity contribution in [1.82, 2.24) is 0 Å². The smallest absolute Gasteiger partial charge is 0.143 e. The van der Waals surface area contributed by atoms with Gasteiger partial charge in [-0.05, 0) is 75.3 Å². The average molecular weight is 564 g/mol. The van der Waals surface area contributed by atoms with E-state index in [9.17, 15) is 0 Å². The van der Waals surface area contributed by atoms with Crippen molar-refractivity contribution in [2.75, 3.05) is 5.32 Å². The molecule has 0 saturated carbocycles. The van der Waals surface area contributed by atoms with Gasteiger partial charge in [-0.1, -0.05) is 133 Å². The zero-order chi connectivity index (χ0) is 29.3. The van der Waals surface area contributed by atoms with Gasteiger partial charge < -0.3 is 9.73 Å². The Hall–Kier alpha value is -5.86. The van der Waals surface area contributed by atoms with Crippen LogP contribution < -0.4 is 5.32 Å². The molecule has 0 spiro atoms. The van der Waals surface area contributed by atoms with Crippen molar-refractivity contribution in [3.63, 3.8) is 0 Å². The number of rotatable bonds is 6. The molecule has 1 N–H and O–H groups in total. The van der Waals surface area contributed by atoms with Crippen LogP contribution in [0.4, 0.5) is 11.4 Å². The Morgan fingerprint density at radius 1 is 0.341 bits per heavy atom. The van der Waals surface area contributed by atoms with Gasteiger partial charge in [-0.25, -0.2) is 0 Å². The van der Waals surface area contributed by atoms with Gasteiger partial charge in [-0.3, -0.25) is 0 Å². The normalized spacial score (nSPS) is 11.2. The molecule has 0 aliphatic carbocycles. The van der Waals surface area contributed by atoms with Gasteiger partial charge in [-0.2, -0.15) is 0 Å². The van der Waals surface area contributed by atoms with Crippen LogP contribution in [0, 0.1) is 0 Å². The number of fused-ring (bicyclic) bond motifs is 3. The molecule has 2 heteroatoms. The summed E-state index contributed by atoms with van der Waals surface area (Å²) in [6.07, 6.45) is 0. The van der Waals surface area contributed by atoms with E-state index in [-0.39, 0.29) is 0 Å². The molecule has 8 aromatic rings. The Morgan fingerprint density at radius 2 is 0.818 bits per heavy atom. The summed E-state index contributed by atoms with van der Waals surface area (Å²) >= 11 is 0. The summed E-state index contributed by atoms with van der Waals surface area (Å²) in [6.45, 7) is 0. The maximum atomic E-state index is 6.26. The van der Waals surface area contributed by atoms with Gasteiger partial charge in [0.1, 0.15) is 11.2 Å². The lowest BCUT2D eigenvalue weighted by molar-refractivity contribution is 0.670. The van der Waals surface area contributed by atoms with Gasteiger partial charge in [-0.15, -0.1) is 0 Å². The second-order valence-corrected chi connectivity index (χ2v) is 11.1. The Kier molecular flexibility index (Phi) is 6.51. The van der Waals surface area contributed by atoms with E-state index >= 15 is 0 Å². The molecule has 44 heavy (non-hydrogen) atoms. The molecule has 7 aromatic carbocycles. The monoisotopic (exact) mass is 563 g/mol. The minimum absolute atomic E-state index is 0.921. The molecule has 0 saturated heterocycles. The van der Waals surface area contributed by atoms with Gasteiger partial charge >= 0.3 is 0 Å². The number of hydrogen-bond acceptors (Lipinski definition) is 2. The Balaban J connectivity index is 0.976. The summed E-state index contributed by atoms with van der Waals surface area (Å²) in [5.41, 5.74) is 13.5. The molecule has 0 aliphatic heterocycles. The summed E-state index contributed by atoms with van der Waals surface area (Å²) in [4.78, 5) is 0. The van der Waals surface area contributed by atoms with E-state index in [1.54, 1.807) is 0 Å². The van der Waals surface area contributed by atoms with Crippen LogP contribution in [0.3, 0.4) is 0 Å². The van der Waals surface area contributed by atoms with E-state index in [2.05, 4.69) is 163 Å². The number of hydrogen-bond donors (Lipinski definition) is 1. The average Bonchev–Trinajstić information content (AvgIpc) is 3.49. The predicted molar refractivity (Wildman–Crippen MR) is 185 cm³/mol. The van der Waals surface area contributed by atoms with Crippen LogP contribution in [0.15, 0.2) is 174 Å². The van der Waals surface area contributed by atoms with E-state index in [1.165, 1.54) is 33.4 Å². The summed E-state index contributed by atoms with van der Waals surface area (Å²) in [6, 6.07) is 59.8. The molecule has 1 heterocycles. The van der Waals surface area contributed by atoms with Gasteiger partial charge in [0.15, 0.2) is 0 Å². The first kappa shape index (κ1) is 25.8. The third kappa shape index (κ3) is 4.93. The van der Waals surface area contributed by atoms with Crippen molar-refractivity contribution in [3.8, 4) is 44.5 Å². The van der Waals surface area contributed by atoms with Crippen LogP contribution in [-0.2, 0) is 0 Å². The Bertz CT molecular complexity index is 2210. The highest BCUT2D eigenvalue weighted by atomic mass is 16.3. The van der Waals surface area contributed by atoms with Crippen molar-refractivity contribution < 1.29 is 4.42 Å². The Labute approximate surface area is 256 Å². The SMILES string of the molecule is c1ccc(-c2cccc(-c3ccc(Nc4ccc(-c5ccc(-c6cccc7c6oc6ccccc67)cc5)cc4)cc3)c2)cc1. The second-order valence-electron chi connectivity index (χ2n) is 11.1. The van der Waals surface area contributed by atoms with Crippen LogP contribution in [0.1, 0.15) is 0 Å². The largest absolute Gasteiger partial charge is 0.455 e. The van der Waals surface area contributed by atoms with Crippen LogP contribution >= 0.6 is 0 Å². The van der Waals surface area contributed by atoms with Crippen molar-refractivity contribution in [2.24, 2.45) is 0 Å². The van der Waals surface area contributed by atoms with E-state index < -0.39 is 0 Å². The molecule has 0 amide bonds. The standard InChI is InChI=1S/C42H29NO/c1-2-8-29(9-3-1)34-10-6-11-35(28-34)32-22-26-37(27-23-32)43-36-24-20-31(21-25-36)30-16-18-33(19-17-30)38-13-7-14-40-39-12-4-5-15-41(39)44-42(38)40/h1-28,43H. The fourth-order valence-electron chi connectivity index (χ4n) is 5.98. The fraction of sp³-hybridized carbons (Fsp3) is 0. The molecule has 0 fully saturated rings. The lowest BCUT2D eigenvalue weighted by atomic mass is 9.98. The highest BCUT2D eigenvalue weighted by Gasteiger charge is 2.12. The third-order valence-corrected chi connectivity index (χ3v) is 8.30. The van der Waals surface area contributed by atoms with Gasteiger partial charge in [0.05, 0.1) is 0 Å². The molecule has 0 unspecified atom stereocenters. The van der Waals surface area contributed by atoms with Gasteiger partial charge in [0, 0.05) is 27.7 Å². The van der Waals surface area contributed by atoms with Crippen molar-refractivity contribution in [2.45, 2.75) is 0 Å². The van der Waals surface area contributed by atoms with E-state index in [4.69, 9.17) is 4.42 Å². The first-order chi connectivity index (χ1) is 21.8. The number of furan rings is 1. The van der Waals surface area contributed by atoms with Crippen molar-refractivity contribution in [1.29, 1.82) is 0 Å². The molecular weight excluding hydrogens is 534 g/mol. The first-order valence-corrected chi connectivity index (χ1v) is 14.9.